The van der Waals surface area contributed by atoms with Crippen molar-refractivity contribution in [2.45, 2.75) is 5.41 Å². The molecular weight excluding hydrogens is 773 g/mol. The van der Waals surface area contributed by atoms with Crippen molar-refractivity contribution in [3.63, 3.8) is 0 Å². The van der Waals surface area contributed by atoms with Crippen molar-refractivity contribution < 1.29 is 0 Å². The zero-order chi connectivity index (χ0) is 41.9. The molecule has 0 saturated heterocycles. The van der Waals surface area contributed by atoms with E-state index in [2.05, 4.69) is 235 Å². The van der Waals surface area contributed by atoms with Gasteiger partial charge in [0, 0.05) is 38.4 Å². The Bertz CT molecular complexity index is 3810. The maximum Gasteiger partial charge on any atom is 0.0794 e. The highest BCUT2D eigenvalue weighted by Gasteiger charge is 2.51. The third kappa shape index (κ3) is 4.77. The largest absolute Gasteiger partial charge is 0.309 e. The van der Waals surface area contributed by atoms with E-state index in [0.717, 1.165) is 44.4 Å². The quantitative estimate of drug-likeness (QED) is 0.162. The molecule has 2 aliphatic rings. The van der Waals surface area contributed by atoms with Crippen LogP contribution in [0.4, 0.5) is 0 Å². The second-order valence-corrected chi connectivity index (χ2v) is 17.4. The summed E-state index contributed by atoms with van der Waals surface area (Å²) in [4.78, 5) is 5.62. The van der Waals surface area contributed by atoms with Crippen molar-refractivity contribution in [2.75, 3.05) is 0 Å². The van der Waals surface area contributed by atoms with Gasteiger partial charge in [0.2, 0.25) is 0 Å². The van der Waals surface area contributed by atoms with Crippen LogP contribution in [0.15, 0.2) is 231 Å². The van der Waals surface area contributed by atoms with Crippen molar-refractivity contribution in [1.29, 1.82) is 0 Å². The average molecular weight is 811 g/mol. The molecule has 0 fully saturated rings. The van der Waals surface area contributed by atoms with Gasteiger partial charge in [-0.15, -0.1) is 0 Å². The van der Waals surface area contributed by atoms with Crippen molar-refractivity contribution in [2.24, 2.45) is 0 Å². The van der Waals surface area contributed by atoms with Crippen molar-refractivity contribution in [3.05, 3.63) is 253 Å². The Kier molecular flexibility index (Phi) is 7.35. The van der Waals surface area contributed by atoms with E-state index in [4.69, 9.17) is 4.98 Å². The van der Waals surface area contributed by atoms with E-state index in [0.29, 0.717) is 0 Å². The van der Waals surface area contributed by atoms with Gasteiger partial charge >= 0.3 is 0 Å². The van der Waals surface area contributed by atoms with Crippen LogP contribution in [0.2, 0.25) is 0 Å². The fourth-order valence-corrected chi connectivity index (χ4v) is 11.5. The summed E-state index contributed by atoms with van der Waals surface area (Å²) < 4.78 is 2.40. The Morgan fingerprint density at radius 1 is 0.297 bits per heavy atom. The Balaban J connectivity index is 0.942. The number of benzene rings is 10. The lowest BCUT2D eigenvalue weighted by Crippen LogP contribution is -2.25. The summed E-state index contributed by atoms with van der Waals surface area (Å²) in [6, 6.07) is 85.0. The zero-order valence-corrected chi connectivity index (χ0v) is 34.8. The second kappa shape index (κ2) is 13.3. The number of rotatable bonds is 4. The predicted octanol–water partition coefficient (Wildman–Crippen LogP) is 15.8. The van der Waals surface area contributed by atoms with E-state index in [1.807, 2.05) is 0 Å². The minimum Gasteiger partial charge on any atom is -0.309 e. The molecular formula is C62H38N2. The molecule has 0 N–H and O–H groups in total. The standard InChI is InChI=1S/C62H38N2/c1-3-16-41(17-4-1)60-53-38-59-52(49-23-10-14-29-58(49)64(59)43-18-5-2-6-19-43)37-51(53)50-25-15-24-44(61(50)63-60)40-32-30-39(31-33-40)42-34-35-48-47-22-9-13-28-56(47)62(57(48)36-42)54-26-11-7-20-45(54)46-21-8-12-27-55(46)62/h1-38H. The van der Waals surface area contributed by atoms with Crippen LogP contribution < -0.4 is 0 Å². The third-order valence-corrected chi connectivity index (χ3v) is 14.2. The summed E-state index contributed by atoms with van der Waals surface area (Å²) in [6.07, 6.45) is 0. The van der Waals surface area contributed by atoms with Gasteiger partial charge in [-0.1, -0.05) is 194 Å². The molecule has 0 bridgehead atoms. The van der Waals surface area contributed by atoms with Gasteiger partial charge < -0.3 is 4.57 Å². The van der Waals surface area contributed by atoms with E-state index in [1.54, 1.807) is 0 Å². The van der Waals surface area contributed by atoms with Gasteiger partial charge in [-0.3, -0.25) is 0 Å². The molecule has 2 heteroatoms. The van der Waals surface area contributed by atoms with E-state index in [-0.39, 0.29) is 5.41 Å². The molecule has 2 aromatic heterocycles. The molecule has 2 nitrogen and oxygen atoms in total. The lowest BCUT2D eigenvalue weighted by atomic mass is 9.70. The van der Waals surface area contributed by atoms with Crippen LogP contribution >= 0.6 is 0 Å². The number of pyridine rings is 1. The number of para-hydroxylation sites is 3. The molecule has 0 unspecified atom stereocenters. The highest BCUT2D eigenvalue weighted by atomic mass is 15.0. The molecule has 64 heavy (non-hydrogen) atoms. The van der Waals surface area contributed by atoms with Gasteiger partial charge in [-0.25, -0.2) is 4.98 Å². The Labute approximate surface area is 371 Å². The summed E-state index contributed by atoms with van der Waals surface area (Å²) >= 11 is 0. The molecule has 2 aliphatic carbocycles. The van der Waals surface area contributed by atoms with Gasteiger partial charge in [-0.2, -0.15) is 0 Å². The number of aromatic nitrogens is 2. The van der Waals surface area contributed by atoms with Gasteiger partial charge in [0.25, 0.3) is 0 Å². The van der Waals surface area contributed by atoms with E-state index >= 15 is 0 Å². The topological polar surface area (TPSA) is 17.8 Å². The van der Waals surface area contributed by atoms with Gasteiger partial charge in [-0.05, 0) is 103 Å². The highest BCUT2D eigenvalue weighted by molar-refractivity contribution is 6.21. The van der Waals surface area contributed by atoms with Crippen LogP contribution in [0.25, 0.3) is 105 Å². The van der Waals surface area contributed by atoms with Gasteiger partial charge in [0.05, 0.1) is 27.7 Å². The number of nitrogens with zero attached hydrogens (tertiary/aromatic N) is 2. The summed E-state index contributed by atoms with van der Waals surface area (Å²) in [5.74, 6) is 0. The fraction of sp³-hybridized carbons (Fsp3) is 0.0161. The van der Waals surface area contributed by atoms with Crippen LogP contribution in [0.5, 0.6) is 0 Å². The van der Waals surface area contributed by atoms with Gasteiger partial charge in [0.1, 0.15) is 0 Å². The second-order valence-electron chi connectivity index (χ2n) is 17.4. The van der Waals surface area contributed by atoms with Crippen LogP contribution in [-0.4, -0.2) is 9.55 Å². The molecule has 296 valence electrons. The molecule has 1 spiro atoms. The average Bonchev–Trinajstić information content (AvgIpc) is 3.97. The molecule has 0 atom stereocenters. The summed E-state index contributed by atoms with van der Waals surface area (Å²) in [6.45, 7) is 0. The first-order valence-electron chi connectivity index (χ1n) is 22.2. The van der Waals surface area contributed by atoms with Crippen molar-refractivity contribution in [3.8, 4) is 61.5 Å². The smallest absolute Gasteiger partial charge is 0.0794 e. The monoisotopic (exact) mass is 810 g/mol. The first-order valence-corrected chi connectivity index (χ1v) is 22.2. The Morgan fingerprint density at radius 3 is 1.55 bits per heavy atom. The molecule has 2 heterocycles. The Hall–Kier alpha value is -8.33. The molecule has 10 aromatic carbocycles. The van der Waals surface area contributed by atoms with E-state index < -0.39 is 0 Å². The SMILES string of the molecule is c1ccc(-c2nc3c(-c4ccc(-c5ccc6c(c5)C5(c7ccccc7-c7ccccc75)c5ccccc5-6)cc4)cccc3c3cc4c5ccccc5n(-c5ccccc5)c4cc23)cc1. The zero-order valence-electron chi connectivity index (χ0n) is 34.8. The lowest BCUT2D eigenvalue weighted by Gasteiger charge is -2.30. The molecule has 14 rings (SSSR count). The predicted molar refractivity (Wildman–Crippen MR) is 266 cm³/mol. The maximum absolute atomic E-state index is 5.62. The van der Waals surface area contributed by atoms with E-state index in [1.165, 1.54) is 82.8 Å². The van der Waals surface area contributed by atoms with Crippen LogP contribution in [-0.2, 0) is 5.41 Å². The highest BCUT2D eigenvalue weighted by Crippen LogP contribution is 2.63. The summed E-state index contributed by atoms with van der Waals surface area (Å²) in [7, 11) is 0. The van der Waals surface area contributed by atoms with Crippen molar-refractivity contribution in [1.82, 2.24) is 9.55 Å². The summed E-state index contributed by atoms with van der Waals surface area (Å²) in [5.41, 5.74) is 21.6. The lowest BCUT2D eigenvalue weighted by molar-refractivity contribution is 0.794. The van der Waals surface area contributed by atoms with E-state index in [9.17, 15) is 0 Å². The molecule has 0 saturated carbocycles. The summed E-state index contributed by atoms with van der Waals surface area (Å²) in [5, 5.41) is 5.97. The molecule has 0 amide bonds. The minimum absolute atomic E-state index is 0.370. The Morgan fingerprint density at radius 2 is 0.844 bits per heavy atom. The fourth-order valence-electron chi connectivity index (χ4n) is 11.5. The number of hydrogen-bond donors (Lipinski definition) is 0. The van der Waals surface area contributed by atoms with Crippen LogP contribution in [0, 0.1) is 0 Å². The normalized spacial score (nSPS) is 13.1. The minimum atomic E-state index is -0.370. The number of fused-ring (bicyclic) bond motifs is 16. The molecule has 0 aliphatic heterocycles. The first-order chi connectivity index (χ1) is 31.8. The first kappa shape index (κ1) is 35.3. The van der Waals surface area contributed by atoms with Crippen molar-refractivity contribution >= 4 is 43.5 Å². The molecule has 12 aromatic rings. The molecule has 0 radical (unpaired) electrons. The van der Waals surface area contributed by atoms with Crippen LogP contribution in [0.1, 0.15) is 22.3 Å². The van der Waals surface area contributed by atoms with Gasteiger partial charge in [0.15, 0.2) is 0 Å². The number of hydrogen-bond acceptors (Lipinski definition) is 1. The van der Waals surface area contributed by atoms with Crippen LogP contribution in [0.3, 0.4) is 0 Å². The maximum atomic E-state index is 5.62. The third-order valence-electron chi connectivity index (χ3n) is 14.2.